The molecule has 0 unspecified atom stereocenters. The number of hydrogen-bond acceptors (Lipinski definition) is 9. The van der Waals surface area contributed by atoms with Gasteiger partial charge < -0.3 is 15.8 Å². The molecule has 3 heterocycles. The number of aromatic nitrogens is 3. The van der Waals surface area contributed by atoms with Gasteiger partial charge in [-0.25, -0.2) is 29.4 Å². The topological polar surface area (TPSA) is 161 Å². The van der Waals surface area contributed by atoms with Crippen molar-refractivity contribution in [3.05, 3.63) is 89.0 Å². The maximum absolute atomic E-state index is 13.8. The van der Waals surface area contributed by atoms with Gasteiger partial charge in [-0.05, 0) is 31.2 Å². The van der Waals surface area contributed by atoms with Crippen LogP contribution in [0.25, 0.3) is 5.70 Å². The highest BCUT2D eigenvalue weighted by Gasteiger charge is 2.21. The van der Waals surface area contributed by atoms with Crippen LogP contribution in [0.4, 0.5) is 28.0 Å². The van der Waals surface area contributed by atoms with Gasteiger partial charge in [0, 0.05) is 13.2 Å². The Bertz CT molecular complexity index is 1350. The van der Waals surface area contributed by atoms with Gasteiger partial charge >= 0.3 is 6.09 Å². The first kappa shape index (κ1) is 26.8. The Labute approximate surface area is 207 Å². The lowest BCUT2D eigenvalue weighted by Crippen LogP contribution is -2.39. The molecule has 3 aromatic heterocycles. The second-order valence-electron chi connectivity index (χ2n) is 7.43. The first-order chi connectivity index (χ1) is 17.5. The van der Waals surface area contributed by atoms with Crippen LogP contribution in [0.1, 0.15) is 34.6 Å². The predicted molar refractivity (Wildman–Crippen MR) is 122 cm³/mol. The number of nitrogens with one attached hydrogen (secondary N) is 2. The Morgan fingerprint density at radius 1 is 1.05 bits per heavy atom. The SMILES string of the molecule is C[C@@H](OC(=O)N/C(=C(/N)c1ccc(NC(=O)c2ccnc(F)c2F)cn1)N(C)N)c1cc(F)cnc1F. The molecule has 6 N–H and O–H groups in total. The molecule has 1 atom stereocenters. The second-order valence-corrected chi connectivity index (χ2v) is 7.43. The van der Waals surface area contributed by atoms with Gasteiger partial charge in [0.2, 0.25) is 11.9 Å². The van der Waals surface area contributed by atoms with Crippen molar-refractivity contribution in [2.24, 2.45) is 11.6 Å². The van der Waals surface area contributed by atoms with E-state index in [1.807, 2.05) is 0 Å². The standard InChI is InChI=1S/C22H20F4N8O3/c1-10(14-7-11(23)8-31-18(14)25)37-22(36)33-20(34(2)28)17(27)15-4-3-12(9-30-15)32-21(35)13-5-6-29-19(26)16(13)24/h3-10H,27-28H2,1-2H3,(H,32,35)(H,33,36)/b20-17-/t10-/m1/s1. The third-order valence-electron chi connectivity index (χ3n) is 4.77. The zero-order valence-electron chi connectivity index (χ0n) is 19.3. The van der Waals surface area contributed by atoms with Crippen LogP contribution < -0.4 is 22.2 Å². The van der Waals surface area contributed by atoms with Gasteiger partial charge in [-0.2, -0.15) is 8.78 Å². The molecule has 2 amide bonds. The van der Waals surface area contributed by atoms with Crippen LogP contribution >= 0.6 is 0 Å². The van der Waals surface area contributed by atoms with Crippen molar-refractivity contribution in [3.8, 4) is 0 Å². The second kappa shape index (κ2) is 11.3. The lowest BCUT2D eigenvalue weighted by molar-refractivity contribution is 0.101. The molecule has 37 heavy (non-hydrogen) atoms. The number of nitrogens with two attached hydrogens (primary N) is 2. The van der Waals surface area contributed by atoms with Crippen LogP contribution in [0.5, 0.6) is 0 Å². The Morgan fingerprint density at radius 3 is 2.43 bits per heavy atom. The van der Waals surface area contributed by atoms with E-state index >= 15 is 0 Å². The molecule has 0 aliphatic heterocycles. The lowest BCUT2D eigenvalue weighted by atomic mass is 10.2. The fourth-order valence-corrected chi connectivity index (χ4v) is 2.96. The molecule has 0 saturated carbocycles. The minimum Gasteiger partial charge on any atom is -0.441 e. The molecule has 3 aromatic rings. The average molecular weight is 520 g/mol. The summed E-state index contributed by atoms with van der Waals surface area (Å²) in [5.74, 6) is -0.0124. The van der Waals surface area contributed by atoms with Gasteiger partial charge in [0.25, 0.3) is 5.91 Å². The van der Waals surface area contributed by atoms with E-state index in [0.29, 0.717) is 6.20 Å². The summed E-state index contributed by atoms with van der Waals surface area (Å²) < 4.78 is 59.3. The van der Waals surface area contributed by atoms with Gasteiger partial charge in [-0.15, -0.1) is 0 Å². The summed E-state index contributed by atoms with van der Waals surface area (Å²) in [6, 6.07) is 4.55. The summed E-state index contributed by atoms with van der Waals surface area (Å²) in [5.41, 5.74) is 5.31. The van der Waals surface area contributed by atoms with Crippen LogP contribution in [0.15, 0.2) is 48.7 Å². The van der Waals surface area contributed by atoms with Crippen molar-refractivity contribution in [3.63, 3.8) is 0 Å². The number of nitrogens with zero attached hydrogens (tertiary/aromatic N) is 4. The van der Waals surface area contributed by atoms with Gasteiger partial charge in [-0.3, -0.25) is 20.1 Å². The first-order valence-electron chi connectivity index (χ1n) is 10.3. The molecule has 0 radical (unpaired) electrons. The number of ether oxygens (including phenoxy) is 1. The van der Waals surface area contributed by atoms with E-state index in [-0.39, 0.29) is 28.5 Å². The molecule has 11 nitrogen and oxygen atoms in total. The van der Waals surface area contributed by atoms with Crippen molar-refractivity contribution < 1.29 is 31.9 Å². The van der Waals surface area contributed by atoms with Crippen molar-refractivity contribution in [1.29, 1.82) is 0 Å². The quantitative estimate of drug-likeness (QED) is 0.159. The molecule has 0 aliphatic carbocycles. The summed E-state index contributed by atoms with van der Waals surface area (Å²) in [4.78, 5) is 35.0. The number of halogens is 4. The van der Waals surface area contributed by atoms with Gasteiger partial charge in [0.15, 0.2) is 11.6 Å². The minimum atomic E-state index is -1.42. The number of hydrogen-bond donors (Lipinski definition) is 4. The highest BCUT2D eigenvalue weighted by Crippen LogP contribution is 2.21. The third kappa shape index (κ3) is 6.46. The number of pyridine rings is 3. The number of carbonyl (C=O) groups excluding carboxylic acids is 2. The molecular weight excluding hydrogens is 500 g/mol. The lowest BCUT2D eigenvalue weighted by Gasteiger charge is -2.21. The number of amides is 2. The van der Waals surface area contributed by atoms with E-state index in [2.05, 4.69) is 25.6 Å². The van der Waals surface area contributed by atoms with E-state index in [9.17, 15) is 27.2 Å². The Hall–Kier alpha value is -4.79. The van der Waals surface area contributed by atoms with Crippen molar-refractivity contribution in [2.75, 3.05) is 12.4 Å². The molecule has 0 saturated heterocycles. The summed E-state index contributed by atoms with van der Waals surface area (Å²) in [7, 11) is 1.35. The number of carbonyl (C=O) groups is 2. The van der Waals surface area contributed by atoms with Crippen LogP contribution in [-0.4, -0.2) is 39.0 Å². The summed E-state index contributed by atoms with van der Waals surface area (Å²) >= 11 is 0. The summed E-state index contributed by atoms with van der Waals surface area (Å²) in [5, 5.41) is 5.58. The monoisotopic (exact) mass is 520 g/mol. The van der Waals surface area contributed by atoms with Gasteiger partial charge in [0.1, 0.15) is 17.6 Å². The van der Waals surface area contributed by atoms with Crippen LogP contribution in [0.3, 0.4) is 0 Å². The molecule has 0 fully saturated rings. The maximum atomic E-state index is 13.8. The molecule has 0 spiro atoms. The fourth-order valence-electron chi connectivity index (χ4n) is 2.96. The number of rotatable bonds is 7. The normalized spacial score (nSPS) is 12.3. The smallest absolute Gasteiger partial charge is 0.413 e. The van der Waals surface area contributed by atoms with E-state index in [0.717, 1.165) is 23.3 Å². The zero-order chi connectivity index (χ0) is 27.3. The Balaban J connectivity index is 1.73. The summed E-state index contributed by atoms with van der Waals surface area (Å²) in [6.07, 6.45) is 0.478. The maximum Gasteiger partial charge on any atom is 0.413 e. The zero-order valence-corrected chi connectivity index (χ0v) is 19.3. The van der Waals surface area contributed by atoms with E-state index in [1.54, 1.807) is 0 Å². The van der Waals surface area contributed by atoms with Crippen molar-refractivity contribution >= 4 is 23.4 Å². The molecular formula is C22H20F4N8O3. The minimum absolute atomic E-state index is 0.0974. The van der Waals surface area contributed by atoms with E-state index in [1.165, 1.54) is 32.3 Å². The number of anilines is 1. The number of hydrazine groups is 1. The van der Waals surface area contributed by atoms with E-state index in [4.69, 9.17) is 16.3 Å². The average Bonchev–Trinajstić information content (AvgIpc) is 2.85. The van der Waals surface area contributed by atoms with Crippen LogP contribution in [0.2, 0.25) is 0 Å². The Kier molecular flexibility index (Phi) is 8.19. The molecule has 3 rings (SSSR count). The molecule has 194 valence electrons. The highest BCUT2D eigenvalue weighted by atomic mass is 19.2. The highest BCUT2D eigenvalue weighted by molar-refractivity contribution is 6.04. The molecule has 0 aromatic carbocycles. The van der Waals surface area contributed by atoms with Crippen LogP contribution in [-0.2, 0) is 4.74 Å². The van der Waals surface area contributed by atoms with Gasteiger partial charge in [-0.1, -0.05) is 0 Å². The van der Waals surface area contributed by atoms with Crippen molar-refractivity contribution in [1.82, 2.24) is 25.3 Å². The largest absolute Gasteiger partial charge is 0.441 e. The Morgan fingerprint density at radius 2 is 1.78 bits per heavy atom. The molecule has 0 aliphatic rings. The number of alkyl carbamates (subject to hydrolysis) is 1. The fraction of sp³-hybridized carbons (Fsp3) is 0.136. The molecule has 15 heteroatoms. The van der Waals surface area contributed by atoms with Gasteiger partial charge in [0.05, 0.1) is 34.9 Å². The summed E-state index contributed by atoms with van der Waals surface area (Å²) in [6.45, 7) is 1.30. The first-order valence-corrected chi connectivity index (χ1v) is 10.3. The molecule has 0 bridgehead atoms. The van der Waals surface area contributed by atoms with Crippen LogP contribution in [0, 0.1) is 23.5 Å². The third-order valence-corrected chi connectivity index (χ3v) is 4.77. The van der Waals surface area contributed by atoms with Crippen molar-refractivity contribution in [2.45, 2.75) is 13.0 Å². The predicted octanol–water partition coefficient (Wildman–Crippen LogP) is 2.56. The van der Waals surface area contributed by atoms with E-state index < -0.39 is 47.2 Å².